The number of aliphatic hydroxyl groups is 1. The fraction of sp³-hybridized carbons (Fsp3) is 0.588. The fourth-order valence-electron chi connectivity index (χ4n) is 1.98. The lowest BCUT2D eigenvalue weighted by Gasteiger charge is -2.26. The summed E-state index contributed by atoms with van der Waals surface area (Å²) in [4.78, 5) is 14.3. The summed E-state index contributed by atoms with van der Waals surface area (Å²) in [5.41, 5.74) is 0.628. The third kappa shape index (κ3) is 5.76. The molecule has 1 aromatic rings. The second kappa shape index (κ2) is 8.67. The lowest BCUT2D eigenvalue weighted by molar-refractivity contribution is 0.0692. The first-order valence-corrected chi connectivity index (χ1v) is 7.60. The van der Waals surface area contributed by atoms with Crippen molar-refractivity contribution in [2.45, 2.75) is 40.2 Å². The number of hydrogen-bond donors (Lipinski definition) is 1. The van der Waals surface area contributed by atoms with Crippen LogP contribution in [0.5, 0.6) is 5.75 Å². The number of carbonyl (C=O) groups excluding carboxylic acids is 1. The minimum absolute atomic E-state index is 0.0200. The molecule has 4 nitrogen and oxygen atoms in total. The second-order valence-corrected chi connectivity index (χ2v) is 5.90. The van der Waals surface area contributed by atoms with Gasteiger partial charge in [0.2, 0.25) is 0 Å². The molecule has 1 aromatic carbocycles. The largest absolute Gasteiger partial charge is 0.493 e. The van der Waals surface area contributed by atoms with Crippen LogP contribution in [0.1, 0.15) is 44.5 Å². The van der Waals surface area contributed by atoms with Crippen LogP contribution in [0.3, 0.4) is 0 Å². The molecule has 4 heteroatoms. The first kappa shape index (κ1) is 17.5. The summed E-state index contributed by atoms with van der Waals surface area (Å²) in [5.74, 6) is 1.15. The van der Waals surface area contributed by atoms with E-state index in [-0.39, 0.29) is 18.6 Å². The number of rotatable bonds is 8. The number of nitrogens with zero attached hydrogens (tertiary/aromatic N) is 1. The summed E-state index contributed by atoms with van der Waals surface area (Å²) in [6.45, 7) is 9.42. The Kier molecular flexibility index (Phi) is 7.23. The SMILES string of the molecule is CC(C)COc1cccc(C(=O)N(CCCO)C(C)C)c1. The predicted octanol–water partition coefficient (Wildman–Crippen LogP) is 2.95. The number of aliphatic hydroxyl groups excluding tert-OH is 1. The molecule has 0 spiro atoms. The molecule has 0 atom stereocenters. The van der Waals surface area contributed by atoms with Gasteiger partial charge < -0.3 is 14.7 Å². The van der Waals surface area contributed by atoms with Crippen molar-refractivity contribution in [3.8, 4) is 5.75 Å². The molecule has 118 valence electrons. The minimum atomic E-state index is -0.0200. The van der Waals surface area contributed by atoms with Crippen LogP contribution in [0, 0.1) is 5.92 Å². The van der Waals surface area contributed by atoms with Crippen LogP contribution in [0.15, 0.2) is 24.3 Å². The molecular weight excluding hydrogens is 266 g/mol. The number of hydrogen-bond acceptors (Lipinski definition) is 3. The highest BCUT2D eigenvalue weighted by Crippen LogP contribution is 2.17. The van der Waals surface area contributed by atoms with Crippen LogP contribution in [0.2, 0.25) is 0 Å². The van der Waals surface area contributed by atoms with Gasteiger partial charge in [-0.25, -0.2) is 0 Å². The predicted molar refractivity (Wildman–Crippen MR) is 84.7 cm³/mol. The highest BCUT2D eigenvalue weighted by atomic mass is 16.5. The summed E-state index contributed by atoms with van der Waals surface area (Å²) in [5, 5.41) is 8.96. The van der Waals surface area contributed by atoms with Gasteiger partial charge in [-0.2, -0.15) is 0 Å². The zero-order chi connectivity index (χ0) is 15.8. The summed E-state index contributed by atoms with van der Waals surface area (Å²) in [6, 6.07) is 7.40. The smallest absolute Gasteiger partial charge is 0.254 e. The Morgan fingerprint density at radius 1 is 1.29 bits per heavy atom. The maximum absolute atomic E-state index is 12.6. The van der Waals surface area contributed by atoms with Crippen LogP contribution in [-0.2, 0) is 0 Å². The Hall–Kier alpha value is -1.55. The topological polar surface area (TPSA) is 49.8 Å². The quantitative estimate of drug-likeness (QED) is 0.801. The molecule has 1 amide bonds. The van der Waals surface area contributed by atoms with E-state index in [0.717, 1.165) is 5.75 Å². The maximum atomic E-state index is 12.6. The average molecular weight is 293 g/mol. The van der Waals surface area contributed by atoms with Crippen LogP contribution in [-0.4, -0.2) is 41.7 Å². The van der Waals surface area contributed by atoms with Crippen molar-refractivity contribution in [1.82, 2.24) is 4.90 Å². The van der Waals surface area contributed by atoms with E-state index in [9.17, 15) is 4.79 Å². The summed E-state index contributed by atoms with van der Waals surface area (Å²) >= 11 is 0. The Labute approximate surface area is 127 Å². The van der Waals surface area contributed by atoms with E-state index in [1.54, 1.807) is 17.0 Å². The van der Waals surface area contributed by atoms with E-state index in [1.807, 2.05) is 26.0 Å². The van der Waals surface area contributed by atoms with Crippen molar-refractivity contribution in [3.05, 3.63) is 29.8 Å². The third-order valence-electron chi connectivity index (χ3n) is 3.11. The van der Waals surface area contributed by atoms with E-state index in [2.05, 4.69) is 13.8 Å². The number of carbonyl (C=O) groups is 1. The van der Waals surface area contributed by atoms with Gasteiger partial charge >= 0.3 is 0 Å². The van der Waals surface area contributed by atoms with Gasteiger partial charge in [-0.1, -0.05) is 19.9 Å². The Bertz CT molecular complexity index is 443. The highest BCUT2D eigenvalue weighted by molar-refractivity contribution is 5.94. The maximum Gasteiger partial charge on any atom is 0.254 e. The van der Waals surface area contributed by atoms with Crippen molar-refractivity contribution in [1.29, 1.82) is 0 Å². The molecule has 0 aliphatic rings. The number of ether oxygens (including phenoxy) is 1. The molecule has 21 heavy (non-hydrogen) atoms. The van der Waals surface area contributed by atoms with Crippen molar-refractivity contribution in [2.75, 3.05) is 19.8 Å². The molecule has 0 aliphatic heterocycles. The summed E-state index contributed by atoms with van der Waals surface area (Å²) in [6.07, 6.45) is 0.591. The van der Waals surface area contributed by atoms with Gasteiger partial charge in [-0.05, 0) is 44.4 Å². The molecule has 0 fully saturated rings. The van der Waals surface area contributed by atoms with E-state index < -0.39 is 0 Å². The molecule has 1 N–H and O–H groups in total. The molecule has 1 rings (SSSR count). The molecule has 0 radical (unpaired) electrons. The minimum Gasteiger partial charge on any atom is -0.493 e. The fourth-order valence-corrected chi connectivity index (χ4v) is 1.98. The van der Waals surface area contributed by atoms with Gasteiger partial charge in [-0.3, -0.25) is 4.79 Å². The molecule has 0 saturated carbocycles. The normalized spacial score (nSPS) is 11.0. The van der Waals surface area contributed by atoms with E-state index in [4.69, 9.17) is 9.84 Å². The van der Waals surface area contributed by atoms with Gasteiger partial charge in [-0.15, -0.1) is 0 Å². The molecule has 0 unspecified atom stereocenters. The van der Waals surface area contributed by atoms with Crippen LogP contribution < -0.4 is 4.74 Å². The lowest BCUT2D eigenvalue weighted by Crippen LogP contribution is -2.38. The Morgan fingerprint density at radius 3 is 2.57 bits per heavy atom. The molecule has 0 aliphatic carbocycles. The standard InChI is InChI=1S/C17H27NO3/c1-13(2)12-21-16-8-5-7-15(11-16)17(20)18(14(3)4)9-6-10-19/h5,7-8,11,13-14,19H,6,9-10,12H2,1-4H3. The second-order valence-electron chi connectivity index (χ2n) is 5.90. The van der Waals surface area contributed by atoms with Gasteiger partial charge in [0.25, 0.3) is 5.91 Å². The van der Waals surface area contributed by atoms with E-state index >= 15 is 0 Å². The van der Waals surface area contributed by atoms with Gasteiger partial charge in [0, 0.05) is 24.8 Å². The van der Waals surface area contributed by atoms with Crippen molar-refractivity contribution in [2.24, 2.45) is 5.92 Å². The Balaban J connectivity index is 2.82. The summed E-state index contributed by atoms with van der Waals surface area (Å²) in [7, 11) is 0. The number of amides is 1. The molecular formula is C17H27NO3. The zero-order valence-corrected chi connectivity index (χ0v) is 13.5. The van der Waals surface area contributed by atoms with Gasteiger partial charge in [0.1, 0.15) is 5.75 Å². The van der Waals surface area contributed by atoms with Crippen molar-refractivity contribution < 1.29 is 14.6 Å². The molecule has 0 bridgehead atoms. The van der Waals surface area contributed by atoms with Crippen molar-refractivity contribution >= 4 is 5.91 Å². The highest BCUT2D eigenvalue weighted by Gasteiger charge is 2.18. The van der Waals surface area contributed by atoms with Crippen molar-refractivity contribution in [3.63, 3.8) is 0 Å². The van der Waals surface area contributed by atoms with E-state index in [1.165, 1.54) is 0 Å². The van der Waals surface area contributed by atoms with E-state index in [0.29, 0.717) is 31.1 Å². The molecule has 0 aromatic heterocycles. The first-order valence-electron chi connectivity index (χ1n) is 7.60. The van der Waals surface area contributed by atoms with Crippen LogP contribution in [0.25, 0.3) is 0 Å². The monoisotopic (exact) mass is 293 g/mol. The lowest BCUT2D eigenvalue weighted by atomic mass is 10.1. The Morgan fingerprint density at radius 2 is 2.00 bits per heavy atom. The van der Waals surface area contributed by atoms with Gasteiger partial charge in [0.05, 0.1) is 6.61 Å². The molecule has 0 saturated heterocycles. The van der Waals surface area contributed by atoms with Crippen LogP contribution in [0.4, 0.5) is 0 Å². The average Bonchev–Trinajstić information content (AvgIpc) is 2.45. The van der Waals surface area contributed by atoms with Crippen LogP contribution >= 0.6 is 0 Å². The van der Waals surface area contributed by atoms with Gasteiger partial charge in [0.15, 0.2) is 0 Å². The summed E-state index contributed by atoms with van der Waals surface area (Å²) < 4.78 is 5.67. The molecule has 0 heterocycles. The first-order chi connectivity index (χ1) is 9.95. The third-order valence-corrected chi connectivity index (χ3v) is 3.11. The zero-order valence-electron chi connectivity index (χ0n) is 13.5. The number of benzene rings is 1.